The minimum atomic E-state index is -0.0373. The van der Waals surface area contributed by atoms with Crippen molar-refractivity contribution in [1.82, 2.24) is 10.2 Å². The number of nitrogens with one attached hydrogen (secondary N) is 1. The maximum atomic E-state index is 12.5. The molecule has 1 amide bonds. The lowest BCUT2D eigenvalue weighted by Gasteiger charge is -2.32. The normalized spacial score (nSPS) is 24.2. The van der Waals surface area contributed by atoms with Gasteiger partial charge >= 0.3 is 0 Å². The van der Waals surface area contributed by atoms with Gasteiger partial charge in [0.2, 0.25) is 5.91 Å². The Hall–Kier alpha value is -0.520. The highest BCUT2D eigenvalue weighted by Gasteiger charge is 2.41. The smallest absolute Gasteiger partial charge is 0.241 e. The van der Waals surface area contributed by atoms with E-state index in [1.165, 1.54) is 4.88 Å². The molecule has 2 heterocycles. The molecule has 0 spiro atoms. The van der Waals surface area contributed by atoms with Crippen molar-refractivity contribution in [2.24, 2.45) is 0 Å². The number of carbonyl (C=O) groups is 1. The largest absolute Gasteiger partial charge is 0.319 e. The van der Waals surface area contributed by atoms with Crippen molar-refractivity contribution in [2.75, 3.05) is 12.8 Å². The molecule has 1 aliphatic rings. The lowest BCUT2D eigenvalue weighted by molar-refractivity contribution is -0.130. The Balaban J connectivity index is 2.23. The van der Waals surface area contributed by atoms with E-state index in [2.05, 4.69) is 43.8 Å². The molecule has 1 aromatic heterocycles. The zero-order valence-electron chi connectivity index (χ0n) is 12.0. The van der Waals surface area contributed by atoms with Crippen LogP contribution in [0.1, 0.15) is 38.2 Å². The minimum absolute atomic E-state index is 0.0373. The Bertz CT molecular complexity index is 431. The average Bonchev–Trinajstić information content (AvgIpc) is 2.99. The summed E-state index contributed by atoms with van der Waals surface area (Å²) in [4.78, 5) is 15.7. The maximum Gasteiger partial charge on any atom is 0.241 e. The molecule has 3 nitrogen and oxygen atoms in total. The second-order valence-corrected chi connectivity index (χ2v) is 7.97. The predicted octanol–water partition coefficient (Wildman–Crippen LogP) is 3.10. The molecule has 1 saturated heterocycles. The maximum absolute atomic E-state index is 12.5. The van der Waals surface area contributed by atoms with Crippen LogP contribution in [0.15, 0.2) is 17.5 Å². The fourth-order valence-electron chi connectivity index (χ4n) is 2.30. The first-order chi connectivity index (χ1) is 8.98. The predicted molar refractivity (Wildman–Crippen MR) is 83.6 cm³/mol. The number of thiophene rings is 1. The number of rotatable bonds is 5. The van der Waals surface area contributed by atoms with Crippen LogP contribution in [0.2, 0.25) is 0 Å². The monoisotopic (exact) mass is 298 g/mol. The van der Waals surface area contributed by atoms with Gasteiger partial charge in [0, 0.05) is 16.2 Å². The van der Waals surface area contributed by atoms with Crippen molar-refractivity contribution < 1.29 is 4.79 Å². The molecular weight excluding hydrogens is 276 g/mol. The summed E-state index contributed by atoms with van der Waals surface area (Å²) in [6.45, 7) is 7.22. The quantitative estimate of drug-likeness (QED) is 0.906. The zero-order chi connectivity index (χ0) is 14.0. The van der Waals surface area contributed by atoms with E-state index in [1.54, 1.807) is 23.1 Å². The molecule has 19 heavy (non-hydrogen) atoms. The summed E-state index contributed by atoms with van der Waals surface area (Å²) in [6, 6.07) is 4.11. The Morgan fingerprint density at radius 3 is 2.79 bits per heavy atom. The molecule has 1 aliphatic heterocycles. The molecule has 2 unspecified atom stereocenters. The standard InChI is InChI=1S/C14H22N2OS2/c1-5-10-13(17)16(9-14(2,3)18-4)12(15-10)11-7-6-8-19-11/h6-8,10,12,15H,5,9H2,1-4H3. The van der Waals surface area contributed by atoms with Gasteiger partial charge in [0.15, 0.2) is 0 Å². The van der Waals surface area contributed by atoms with Crippen LogP contribution in [0.4, 0.5) is 0 Å². The molecule has 0 saturated carbocycles. The summed E-state index contributed by atoms with van der Waals surface area (Å²) in [5.74, 6) is 0.239. The van der Waals surface area contributed by atoms with Gasteiger partial charge in [-0.15, -0.1) is 11.3 Å². The molecule has 106 valence electrons. The summed E-state index contributed by atoms with van der Waals surface area (Å²) in [6.07, 6.45) is 2.99. The average molecular weight is 298 g/mol. The van der Waals surface area contributed by atoms with E-state index in [0.29, 0.717) is 0 Å². The van der Waals surface area contributed by atoms with E-state index >= 15 is 0 Å². The molecule has 1 N–H and O–H groups in total. The first-order valence-electron chi connectivity index (χ1n) is 6.63. The van der Waals surface area contributed by atoms with Crippen molar-refractivity contribution in [1.29, 1.82) is 0 Å². The van der Waals surface area contributed by atoms with E-state index in [4.69, 9.17) is 0 Å². The summed E-state index contributed by atoms with van der Waals surface area (Å²) >= 11 is 3.51. The summed E-state index contributed by atoms with van der Waals surface area (Å²) in [5, 5.41) is 5.54. The lowest BCUT2D eigenvalue weighted by Crippen LogP contribution is -2.40. The van der Waals surface area contributed by atoms with E-state index in [-0.39, 0.29) is 22.9 Å². The Labute approximate surface area is 123 Å². The van der Waals surface area contributed by atoms with Crippen molar-refractivity contribution in [3.63, 3.8) is 0 Å². The molecule has 0 radical (unpaired) electrons. The Morgan fingerprint density at radius 2 is 2.26 bits per heavy atom. The molecule has 2 rings (SSSR count). The SMILES string of the molecule is CCC1NC(c2cccs2)N(CC(C)(C)SC)C1=O. The van der Waals surface area contributed by atoms with Crippen LogP contribution < -0.4 is 5.32 Å². The highest BCUT2D eigenvalue weighted by Crippen LogP contribution is 2.33. The second kappa shape index (κ2) is 5.85. The zero-order valence-corrected chi connectivity index (χ0v) is 13.6. The van der Waals surface area contributed by atoms with Crippen molar-refractivity contribution in [3.8, 4) is 0 Å². The third kappa shape index (κ3) is 3.15. The molecule has 2 atom stereocenters. The number of hydrogen-bond acceptors (Lipinski definition) is 4. The van der Waals surface area contributed by atoms with Gasteiger partial charge in [0.05, 0.1) is 6.04 Å². The number of thioether (sulfide) groups is 1. The van der Waals surface area contributed by atoms with Crippen LogP contribution in [-0.2, 0) is 4.79 Å². The molecule has 1 fully saturated rings. The molecule has 1 aromatic rings. The van der Waals surface area contributed by atoms with E-state index in [1.807, 2.05) is 11.0 Å². The highest BCUT2D eigenvalue weighted by atomic mass is 32.2. The molecule has 0 bridgehead atoms. The summed E-state index contributed by atoms with van der Waals surface area (Å²) < 4.78 is 0.0789. The number of carbonyl (C=O) groups excluding carboxylic acids is 1. The van der Waals surface area contributed by atoms with Crippen molar-refractivity contribution in [2.45, 2.75) is 44.1 Å². The van der Waals surface area contributed by atoms with E-state index in [0.717, 1.165) is 13.0 Å². The number of nitrogens with zero attached hydrogens (tertiary/aromatic N) is 1. The fraction of sp³-hybridized carbons (Fsp3) is 0.643. The fourth-order valence-corrected chi connectivity index (χ4v) is 3.36. The van der Waals surface area contributed by atoms with Crippen molar-refractivity contribution in [3.05, 3.63) is 22.4 Å². The van der Waals surface area contributed by atoms with Gasteiger partial charge in [0.25, 0.3) is 0 Å². The van der Waals surface area contributed by atoms with Gasteiger partial charge in [-0.3, -0.25) is 10.1 Å². The second-order valence-electron chi connectivity index (χ2n) is 5.48. The van der Waals surface area contributed by atoms with Crippen LogP contribution in [-0.4, -0.2) is 34.4 Å². The summed E-state index contributed by atoms with van der Waals surface area (Å²) in [7, 11) is 0. The third-order valence-electron chi connectivity index (χ3n) is 3.58. The molecule has 0 aromatic carbocycles. The topological polar surface area (TPSA) is 32.3 Å². The van der Waals surface area contributed by atoms with Gasteiger partial charge in [-0.05, 0) is 38.0 Å². The summed E-state index contributed by atoms with van der Waals surface area (Å²) in [5.41, 5.74) is 0. The molecule has 0 aliphatic carbocycles. The van der Waals surface area contributed by atoms with Gasteiger partial charge in [-0.1, -0.05) is 13.0 Å². The van der Waals surface area contributed by atoms with E-state index < -0.39 is 0 Å². The molecule has 5 heteroatoms. The molecular formula is C14H22N2OS2. The van der Waals surface area contributed by atoms with Crippen LogP contribution in [0.25, 0.3) is 0 Å². The third-order valence-corrected chi connectivity index (χ3v) is 5.74. The van der Waals surface area contributed by atoms with E-state index in [9.17, 15) is 4.79 Å². The minimum Gasteiger partial charge on any atom is -0.319 e. The van der Waals surface area contributed by atoms with Crippen LogP contribution in [0, 0.1) is 0 Å². The van der Waals surface area contributed by atoms with Gasteiger partial charge in [-0.25, -0.2) is 0 Å². The lowest BCUT2D eigenvalue weighted by atomic mass is 10.1. The number of amides is 1. The first-order valence-corrected chi connectivity index (χ1v) is 8.74. The van der Waals surface area contributed by atoms with Crippen LogP contribution in [0.3, 0.4) is 0 Å². The van der Waals surface area contributed by atoms with Gasteiger partial charge < -0.3 is 4.90 Å². The van der Waals surface area contributed by atoms with Crippen LogP contribution >= 0.6 is 23.1 Å². The highest BCUT2D eigenvalue weighted by molar-refractivity contribution is 7.99. The Kier molecular flexibility index (Phi) is 4.58. The Morgan fingerprint density at radius 1 is 1.53 bits per heavy atom. The van der Waals surface area contributed by atoms with Crippen LogP contribution in [0.5, 0.6) is 0 Å². The first kappa shape index (κ1) is 14.9. The van der Waals surface area contributed by atoms with Gasteiger partial charge in [-0.2, -0.15) is 11.8 Å². The number of hydrogen-bond donors (Lipinski definition) is 1. The van der Waals surface area contributed by atoms with Gasteiger partial charge in [0.1, 0.15) is 6.17 Å². The van der Waals surface area contributed by atoms with Crippen molar-refractivity contribution >= 4 is 29.0 Å².